The molecule has 2 aliphatic heterocycles. The summed E-state index contributed by atoms with van der Waals surface area (Å²) in [5, 5.41) is 2.68. The Morgan fingerprint density at radius 1 is 1.23 bits per heavy atom. The van der Waals surface area contributed by atoms with Crippen LogP contribution in [0.3, 0.4) is 0 Å². The second kappa shape index (κ2) is 9.03. The van der Waals surface area contributed by atoms with Crippen LogP contribution in [-0.4, -0.2) is 74.8 Å². The van der Waals surface area contributed by atoms with E-state index in [0.29, 0.717) is 18.0 Å². The van der Waals surface area contributed by atoms with E-state index in [9.17, 15) is 22.8 Å². The Kier molecular flexibility index (Phi) is 6.64. The van der Waals surface area contributed by atoms with Crippen molar-refractivity contribution < 1.29 is 27.5 Å². The van der Waals surface area contributed by atoms with Crippen LogP contribution in [0.1, 0.15) is 20.3 Å². The van der Waals surface area contributed by atoms with E-state index < -0.39 is 21.8 Å². The Hall–Kier alpha value is -2.62. The fourth-order valence-electron chi connectivity index (χ4n) is 3.67. The summed E-state index contributed by atoms with van der Waals surface area (Å²) in [7, 11) is -3.09. The Balaban J connectivity index is 1.60. The molecular weight excluding hydrogens is 410 g/mol. The second-order valence-electron chi connectivity index (χ2n) is 7.51. The molecule has 9 nitrogen and oxygen atoms in total. The predicted molar refractivity (Wildman–Crippen MR) is 111 cm³/mol. The minimum atomic E-state index is -3.09. The standard InChI is InChI=1S/C20H27N3O6S/c1-3-29-17-7-5-4-6-16(17)23-13-15(12-18(23)24)19(25)21-14(2)20(26)22-8-10-30(27,28)11-9-22/h4-7,14-15H,3,8-13H2,1-2H3,(H,21,25). The Morgan fingerprint density at radius 2 is 1.90 bits per heavy atom. The molecule has 1 aromatic rings. The summed E-state index contributed by atoms with van der Waals surface area (Å²) in [6.45, 7) is 4.35. The van der Waals surface area contributed by atoms with Gasteiger partial charge in [-0.2, -0.15) is 0 Å². The maximum atomic E-state index is 12.7. The monoisotopic (exact) mass is 437 g/mol. The quantitative estimate of drug-likeness (QED) is 0.680. The van der Waals surface area contributed by atoms with E-state index in [2.05, 4.69) is 5.32 Å². The minimum Gasteiger partial charge on any atom is -0.492 e. The molecule has 0 aromatic heterocycles. The van der Waals surface area contributed by atoms with E-state index in [-0.39, 0.29) is 55.3 Å². The summed E-state index contributed by atoms with van der Waals surface area (Å²) in [6.07, 6.45) is 0.0508. The van der Waals surface area contributed by atoms with Gasteiger partial charge in [0.05, 0.1) is 29.7 Å². The summed E-state index contributed by atoms with van der Waals surface area (Å²) in [5.74, 6) is -0.994. The van der Waals surface area contributed by atoms with E-state index in [1.165, 1.54) is 9.80 Å². The molecule has 3 rings (SSSR count). The predicted octanol–water partition coefficient (Wildman–Crippen LogP) is 0.200. The molecule has 2 aliphatic rings. The first-order valence-electron chi connectivity index (χ1n) is 10.0. The molecule has 0 aliphatic carbocycles. The van der Waals surface area contributed by atoms with Gasteiger partial charge in [0, 0.05) is 26.1 Å². The molecule has 2 unspecified atom stereocenters. The highest BCUT2D eigenvalue weighted by Gasteiger charge is 2.37. The molecule has 164 valence electrons. The fourth-order valence-corrected chi connectivity index (χ4v) is 4.87. The molecule has 0 radical (unpaired) electrons. The van der Waals surface area contributed by atoms with Crippen molar-refractivity contribution in [3.05, 3.63) is 24.3 Å². The Morgan fingerprint density at radius 3 is 2.57 bits per heavy atom. The molecule has 0 spiro atoms. The molecule has 2 fully saturated rings. The number of carbonyl (C=O) groups excluding carboxylic acids is 3. The number of ether oxygens (including phenoxy) is 1. The zero-order valence-electron chi connectivity index (χ0n) is 17.2. The molecular formula is C20H27N3O6S. The second-order valence-corrected chi connectivity index (χ2v) is 9.82. The largest absolute Gasteiger partial charge is 0.492 e. The van der Waals surface area contributed by atoms with Crippen LogP contribution in [0.25, 0.3) is 0 Å². The topological polar surface area (TPSA) is 113 Å². The van der Waals surface area contributed by atoms with Gasteiger partial charge < -0.3 is 19.9 Å². The number of hydrogen-bond donors (Lipinski definition) is 1. The van der Waals surface area contributed by atoms with Gasteiger partial charge in [0.15, 0.2) is 9.84 Å². The van der Waals surface area contributed by atoms with Crippen molar-refractivity contribution in [2.45, 2.75) is 26.3 Å². The number of hydrogen-bond acceptors (Lipinski definition) is 6. The van der Waals surface area contributed by atoms with Crippen molar-refractivity contribution in [3.63, 3.8) is 0 Å². The van der Waals surface area contributed by atoms with Gasteiger partial charge in [-0.25, -0.2) is 8.42 Å². The molecule has 10 heteroatoms. The number of carbonyl (C=O) groups is 3. The number of amides is 3. The van der Waals surface area contributed by atoms with Crippen molar-refractivity contribution in [1.29, 1.82) is 0 Å². The Bertz CT molecular complexity index is 918. The number of benzene rings is 1. The highest BCUT2D eigenvalue weighted by atomic mass is 32.2. The minimum absolute atomic E-state index is 0.0508. The van der Waals surface area contributed by atoms with Crippen LogP contribution >= 0.6 is 0 Å². The number of nitrogens with zero attached hydrogens (tertiary/aromatic N) is 2. The van der Waals surface area contributed by atoms with Gasteiger partial charge in [-0.05, 0) is 26.0 Å². The molecule has 1 aromatic carbocycles. The lowest BCUT2D eigenvalue weighted by molar-refractivity contribution is -0.136. The summed E-state index contributed by atoms with van der Waals surface area (Å²) < 4.78 is 28.6. The number of sulfone groups is 1. The maximum absolute atomic E-state index is 12.7. The van der Waals surface area contributed by atoms with Crippen molar-refractivity contribution in [2.75, 3.05) is 42.6 Å². The van der Waals surface area contributed by atoms with Crippen molar-refractivity contribution in [1.82, 2.24) is 10.2 Å². The normalized spacial score (nSPS) is 21.9. The maximum Gasteiger partial charge on any atom is 0.244 e. The van der Waals surface area contributed by atoms with Gasteiger partial charge in [-0.1, -0.05) is 12.1 Å². The third-order valence-electron chi connectivity index (χ3n) is 5.34. The number of para-hydroxylation sites is 2. The van der Waals surface area contributed by atoms with Crippen LogP contribution in [0, 0.1) is 5.92 Å². The summed E-state index contributed by atoms with van der Waals surface area (Å²) in [5.41, 5.74) is 0.623. The molecule has 0 saturated carbocycles. The third-order valence-corrected chi connectivity index (χ3v) is 6.95. The van der Waals surface area contributed by atoms with Crippen LogP contribution < -0.4 is 15.0 Å². The zero-order chi connectivity index (χ0) is 21.9. The Labute approximate surface area is 176 Å². The van der Waals surface area contributed by atoms with E-state index in [4.69, 9.17) is 4.74 Å². The van der Waals surface area contributed by atoms with Gasteiger partial charge in [0.25, 0.3) is 0 Å². The molecule has 30 heavy (non-hydrogen) atoms. The van der Waals surface area contributed by atoms with E-state index >= 15 is 0 Å². The van der Waals surface area contributed by atoms with Crippen molar-refractivity contribution >= 4 is 33.2 Å². The molecule has 1 N–H and O–H groups in total. The van der Waals surface area contributed by atoms with Crippen LogP contribution in [0.15, 0.2) is 24.3 Å². The van der Waals surface area contributed by atoms with Gasteiger partial charge in [0.2, 0.25) is 17.7 Å². The molecule has 3 amide bonds. The van der Waals surface area contributed by atoms with Crippen LogP contribution in [0.2, 0.25) is 0 Å². The first-order valence-corrected chi connectivity index (χ1v) is 11.9. The first-order chi connectivity index (χ1) is 14.2. The number of anilines is 1. The van der Waals surface area contributed by atoms with Gasteiger partial charge in [-0.15, -0.1) is 0 Å². The van der Waals surface area contributed by atoms with Crippen LogP contribution in [0.4, 0.5) is 5.69 Å². The van der Waals surface area contributed by atoms with E-state index in [1.807, 2.05) is 13.0 Å². The van der Waals surface area contributed by atoms with Gasteiger partial charge in [-0.3, -0.25) is 14.4 Å². The fraction of sp³-hybridized carbons (Fsp3) is 0.550. The highest BCUT2D eigenvalue weighted by Crippen LogP contribution is 2.33. The molecule has 2 atom stereocenters. The summed E-state index contributed by atoms with van der Waals surface area (Å²) in [4.78, 5) is 40.8. The zero-order valence-corrected chi connectivity index (χ0v) is 18.0. The highest BCUT2D eigenvalue weighted by molar-refractivity contribution is 7.91. The van der Waals surface area contributed by atoms with Crippen molar-refractivity contribution in [3.8, 4) is 5.75 Å². The van der Waals surface area contributed by atoms with E-state index in [0.717, 1.165) is 0 Å². The first kappa shape index (κ1) is 22.1. The van der Waals surface area contributed by atoms with E-state index in [1.54, 1.807) is 25.1 Å². The lowest BCUT2D eigenvalue weighted by atomic mass is 10.1. The summed E-state index contributed by atoms with van der Waals surface area (Å²) in [6, 6.07) is 6.38. The SMILES string of the molecule is CCOc1ccccc1N1CC(C(=O)NC(C)C(=O)N2CCS(=O)(=O)CC2)CC1=O. The average Bonchev–Trinajstić information content (AvgIpc) is 3.10. The number of nitrogens with one attached hydrogen (secondary N) is 1. The third kappa shape index (κ3) is 4.92. The smallest absolute Gasteiger partial charge is 0.244 e. The molecule has 2 saturated heterocycles. The lowest BCUT2D eigenvalue weighted by Crippen LogP contribution is -2.52. The number of rotatable bonds is 6. The van der Waals surface area contributed by atoms with Crippen LogP contribution in [-0.2, 0) is 24.2 Å². The summed E-state index contributed by atoms with van der Waals surface area (Å²) >= 11 is 0. The van der Waals surface area contributed by atoms with Crippen LogP contribution in [0.5, 0.6) is 5.75 Å². The molecule has 0 bridgehead atoms. The lowest BCUT2D eigenvalue weighted by Gasteiger charge is -2.29. The van der Waals surface area contributed by atoms with Gasteiger partial charge >= 0.3 is 0 Å². The molecule has 2 heterocycles. The van der Waals surface area contributed by atoms with Crippen molar-refractivity contribution in [2.24, 2.45) is 5.92 Å². The average molecular weight is 438 g/mol. The van der Waals surface area contributed by atoms with Gasteiger partial charge in [0.1, 0.15) is 11.8 Å².